The largest absolute Gasteiger partial charge is 0.479 e. The average molecular weight is 354 g/mol. The molecule has 1 heterocycles. The quantitative estimate of drug-likeness (QED) is 0.885. The molecule has 0 saturated carbocycles. The van der Waals surface area contributed by atoms with Gasteiger partial charge in [0, 0.05) is 9.35 Å². The van der Waals surface area contributed by atoms with Crippen molar-refractivity contribution in [3.8, 4) is 0 Å². The van der Waals surface area contributed by atoms with Crippen LogP contribution in [0.4, 0.5) is 0 Å². The Hall–Kier alpha value is -1.66. The number of carboxylic acids is 1. The maximum absolute atomic E-state index is 12.2. The molecule has 104 valence electrons. The van der Waals surface area contributed by atoms with Gasteiger partial charge in [-0.25, -0.2) is 4.79 Å². The van der Waals surface area contributed by atoms with Gasteiger partial charge in [0.25, 0.3) is 5.91 Å². The van der Waals surface area contributed by atoms with E-state index in [1.807, 2.05) is 13.0 Å². The smallest absolute Gasteiger partial charge is 0.331 e. The molecule has 1 unspecified atom stereocenters. The minimum atomic E-state index is -1.08. The number of hydrogen-bond donors (Lipinski definition) is 2. The molecule has 0 aliphatic rings. The molecule has 0 spiro atoms. The Bertz CT molecular complexity index is 640. The fourth-order valence-electron chi connectivity index (χ4n) is 1.72. The molecule has 0 aliphatic heterocycles. The Balaban J connectivity index is 2.23. The molecular weight excluding hydrogens is 342 g/mol. The van der Waals surface area contributed by atoms with Crippen molar-refractivity contribution >= 4 is 39.1 Å². The molecule has 0 radical (unpaired) electrons. The number of halogens is 1. The van der Waals surface area contributed by atoms with Gasteiger partial charge in [-0.2, -0.15) is 0 Å². The van der Waals surface area contributed by atoms with Crippen LogP contribution < -0.4 is 5.32 Å². The molecule has 0 aliphatic carbocycles. The maximum Gasteiger partial charge on any atom is 0.331 e. The number of hydrogen-bond acceptors (Lipinski definition) is 3. The first-order valence-electron chi connectivity index (χ1n) is 5.82. The number of thiophene rings is 1. The Labute approximate surface area is 128 Å². The van der Waals surface area contributed by atoms with E-state index < -0.39 is 17.9 Å². The summed E-state index contributed by atoms with van der Waals surface area (Å²) < 4.78 is 0.644. The molecule has 2 rings (SSSR count). The predicted octanol–water partition coefficient (Wildman–Crippen LogP) is 3.37. The van der Waals surface area contributed by atoms with E-state index in [2.05, 4.69) is 21.2 Å². The summed E-state index contributed by atoms with van der Waals surface area (Å²) in [6, 6.07) is 7.70. The molecule has 0 saturated heterocycles. The standard InChI is InChI=1S/C14H12BrNO3S/c1-8-4-5-9(10(15)7-8)13(17)16-12(14(18)19)11-3-2-6-20-11/h2-7,12H,1H3,(H,16,17)(H,18,19). The predicted molar refractivity (Wildman–Crippen MR) is 81.0 cm³/mol. The van der Waals surface area contributed by atoms with Crippen LogP contribution in [0.25, 0.3) is 0 Å². The molecular formula is C14H12BrNO3S. The number of carboxylic acid groups (broad SMARTS) is 1. The number of carbonyl (C=O) groups excluding carboxylic acids is 1. The number of aliphatic carboxylic acids is 1. The van der Waals surface area contributed by atoms with Crippen molar-refractivity contribution in [3.63, 3.8) is 0 Å². The Morgan fingerprint density at radius 1 is 1.35 bits per heavy atom. The van der Waals surface area contributed by atoms with Crippen molar-refractivity contribution in [3.05, 3.63) is 56.2 Å². The molecule has 1 amide bonds. The van der Waals surface area contributed by atoms with Crippen LogP contribution in [0, 0.1) is 6.92 Å². The summed E-state index contributed by atoms with van der Waals surface area (Å²) in [4.78, 5) is 24.1. The van der Waals surface area contributed by atoms with Crippen molar-refractivity contribution in [2.24, 2.45) is 0 Å². The van der Waals surface area contributed by atoms with Crippen LogP contribution in [0.1, 0.15) is 26.8 Å². The summed E-state index contributed by atoms with van der Waals surface area (Å²) in [7, 11) is 0. The van der Waals surface area contributed by atoms with E-state index in [9.17, 15) is 14.7 Å². The van der Waals surface area contributed by atoms with Crippen molar-refractivity contribution < 1.29 is 14.7 Å². The van der Waals surface area contributed by atoms with Crippen molar-refractivity contribution in [2.75, 3.05) is 0 Å². The molecule has 6 heteroatoms. The monoisotopic (exact) mass is 353 g/mol. The molecule has 1 aromatic carbocycles. The van der Waals surface area contributed by atoms with Gasteiger partial charge in [0.15, 0.2) is 6.04 Å². The first-order valence-corrected chi connectivity index (χ1v) is 7.49. The number of aryl methyl sites for hydroxylation is 1. The van der Waals surface area contributed by atoms with Crippen molar-refractivity contribution in [1.82, 2.24) is 5.32 Å². The molecule has 4 nitrogen and oxygen atoms in total. The molecule has 0 fully saturated rings. The highest BCUT2D eigenvalue weighted by Gasteiger charge is 2.24. The third-order valence-electron chi connectivity index (χ3n) is 2.72. The number of nitrogens with one attached hydrogen (secondary N) is 1. The third kappa shape index (κ3) is 3.26. The Morgan fingerprint density at radius 3 is 2.65 bits per heavy atom. The highest BCUT2D eigenvalue weighted by Crippen LogP contribution is 2.22. The van der Waals surface area contributed by atoms with Gasteiger partial charge in [0.05, 0.1) is 5.56 Å². The van der Waals surface area contributed by atoms with Gasteiger partial charge >= 0.3 is 5.97 Å². The van der Waals surface area contributed by atoms with E-state index in [0.29, 0.717) is 14.9 Å². The average Bonchev–Trinajstić information content (AvgIpc) is 2.88. The number of rotatable bonds is 4. The minimum Gasteiger partial charge on any atom is -0.479 e. The molecule has 2 aromatic rings. The second-order valence-electron chi connectivity index (χ2n) is 4.24. The van der Waals surface area contributed by atoms with E-state index in [4.69, 9.17) is 0 Å². The molecule has 0 bridgehead atoms. The van der Waals surface area contributed by atoms with E-state index in [-0.39, 0.29) is 0 Å². The lowest BCUT2D eigenvalue weighted by molar-refractivity contribution is -0.139. The van der Waals surface area contributed by atoms with Gasteiger partial charge in [-0.15, -0.1) is 11.3 Å². The number of benzene rings is 1. The highest BCUT2D eigenvalue weighted by molar-refractivity contribution is 9.10. The second-order valence-corrected chi connectivity index (χ2v) is 6.08. The van der Waals surface area contributed by atoms with Crippen LogP contribution in [0.5, 0.6) is 0 Å². The highest BCUT2D eigenvalue weighted by atomic mass is 79.9. The zero-order valence-electron chi connectivity index (χ0n) is 10.6. The molecule has 1 aromatic heterocycles. The van der Waals surface area contributed by atoms with Gasteiger partial charge in [-0.3, -0.25) is 4.79 Å². The molecule has 20 heavy (non-hydrogen) atoms. The summed E-state index contributed by atoms with van der Waals surface area (Å²) in [5.74, 6) is -1.50. The first kappa shape index (κ1) is 14.7. The lowest BCUT2D eigenvalue weighted by Crippen LogP contribution is -2.33. The van der Waals surface area contributed by atoms with Gasteiger partial charge in [0.2, 0.25) is 0 Å². The number of amides is 1. The zero-order valence-corrected chi connectivity index (χ0v) is 13.0. The zero-order chi connectivity index (χ0) is 14.7. The Kier molecular flexibility index (Phi) is 4.57. The maximum atomic E-state index is 12.2. The van der Waals surface area contributed by atoms with Crippen LogP contribution in [-0.4, -0.2) is 17.0 Å². The summed E-state index contributed by atoms with van der Waals surface area (Å²) in [5.41, 5.74) is 1.43. The summed E-state index contributed by atoms with van der Waals surface area (Å²) in [6.07, 6.45) is 0. The van der Waals surface area contributed by atoms with E-state index in [1.54, 1.807) is 29.6 Å². The topological polar surface area (TPSA) is 66.4 Å². The lowest BCUT2D eigenvalue weighted by atomic mass is 10.1. The lowest BCUT2D eigenvalue weighted by Gasteiger charge is -2.14. The van der Waals surface area contributed by atoms with Crippen LogP contribution in [0.15, 0.2) is 40.2 Å². The van der Waals surface area contributed by atoms with Gasteiger partial charge in [-0.1, -0.05) is 12.1 Å². The van der Waals surface area contributed by atoms with Crippen molar-refractivity contribution in [1.29, 1.82) is 0 Å². The fraction of sp³-hybridized carbons (Fsp3) is 0.143. The van der Waals surface area contributed by atoms with E-state index in [1.165, 1.54) is 11.3 Å². The molecule has 2 N–H and O–H groups in total. The fourth-order valence-corrected chi connectivity index (χ4v) is 3.16. The van der Waals surface area contributed by atoms with Crippen LogP contribution in [0.3, 0.4) is 0 Å². The minimum absolute atomic E-state index is 0.415. The van der Waals surface area contributed by atoms with Gasteiger partial charge in [0.1, 0.15) is 0 Å². The van der Waals surface area contributed by atoms with Gasteiger partial charge in [-0.05, 0) is 52.0 Å². The summed E-state index contributed by atoms with van der Waals surface area (Å²) in [6.45, 7) is 1.91. The van der Waals surface area contributed by atoms with E-state index >= 15 is 0 Å². The van der Waals surface area contributed by atoms with Crippen molar-refractivity contribution in [2.45, 2.75) is 13.0 Å². The second kappa shape index (κ2) is 6.19. The normalized spacial score (nSPS) is 11.9. The van der Waals surface area contributed by atoms with Crippen LogP contribution in [0.2, 0.25) is 0 Å². The third-order valence-corrected chi connectivity index (χ3v) is 4.31. The first-order chi connectivity index (χ1) is 9.49. The van der Waals surface area contributed by atoms with Crippen LogP contribution >= 0.6 is 27.3 Å². The number of carbonyl (C=O) groups is 2. The summed E-state index contributed by atoms with van der Waals surface area (Å²) in [5, 5.41) is 13.5. The van der Waals surface area contributed by atoms with Gasteiger partial charge < -0.3 is 10.4 Å². The van der Waals surface area contributed by atoms with E-state index in [0.717, 1.165) is 5.56 Å². The SMILES string of the molecule is Cc1ccc(C(=O)NC(C(=O)O)c2cccs2)c(Br)c1. The Morgan fingerprint density at radius 2 is 2.10 bits per heavy atom. The summed E-state index contributed by atoms with van der Waals surface area (Å²) >= 11 is 4.61. The van der Waals surface area contributed by atoms with Crippen LogP contribution in [-0.2, 0) is 4.79 Å². The molecule has 1 atom stereocenters.